The highest BCUT2D eigenvalue weighted by Crippen LogP contribution is 2.27. The van der Waals surface area contributed by atoms with Crippen LogP contribution in [-0.2, 0) is 16.1 Å². The first kappa shape index (κ1) is 15.9. The number of amides is 1. The van der Waals surface area contributed by atoms with Gasteiger partial charge in [0.2, 0.25) is 5.91 Å². The minimum Gasteiger partial charge on any atom is -0.380 e. The summed E-state index contributed by atoms with van der Waals surface area (Å²) >= 11 is 0. The SMILES string of the molecule is CN(CCC(=O)NCc1ccccc1F)CC1(C)COC1. The zero-order valence-corrected chi connectivity index (χ0v) is 12.7. The number of benzene rings is 1. The Bertz CT molecular complexity index is 489. The molecule has 5 heteroatoms. The number of carbonyl (C=O) groups excluding carboxylic acids is 1. The Kier molecular flexibility index (Phi) is 5.31. The van der Waals surface area contributed by atoms with Gasteiger partial charge in [-0.3, -0.25) is 4.79 Å². The third-order valence-electron chi connectivity index (χ3n) is 3.71. The molecular weight excluding hydrogens is 271 g/mol. The van der Waals surface area contributed by atoms with Crippen molar-refractivity contribution in [1.29, 1.82) is 0 Å². The van der Waals surface area contributed by atoms with E-state index in [-0.39, 0.29) is 23.7 Å². The molecular formula is C16H23FN2O2. The van der Waals surface area contributed by atoms with Gasteiger partial charge in [0.1, 0.15) is 5.82 Å². The van der Waals surface area contributed by atoms with Crippen LogP contribution in [0.1, 0.15) is 18.9 Å². The summed E-state index contributed by atoms with van der Waals surface area (Å²) in [5.41, 5.74) is 0.733. The second-order valence-corrected chi connectivity index (χ2v) is 6.16. The Labute approximate surface area is 125 Å². The van der Waals surface area contributed by atoms with Crippen molar-refractivity contribution in [3.05, 3.63) is 35.6 Å². The van der Waals surface area contributed by atoms with Gasteiger partial charge in [0.05, 0.1) is 13.2 Å². The molecule has 0 aliphatic carbocycles. The van der Waals surface area contributed by atoms with Crippen LogP contribution in [0.2, 0.25) is 0 Å². The average molecular weight is 294 g/mol. The van der Waals surface area contributed by atoms with Gasteiger partial charge in [-0.05, 0) is 13.1 Å². The second-order valence-electron chi connectivity index (χ2n) is 6.16. The summed E-state index contributed by atoms with van der Waals surface area (Å²) in [6.07, 6.45) is 0.419. The molecule has 1 aliphatic rings. The van der Waals surface area contributed by atoms with Crippen LogP contribution in [0.15, 0.2) is 24.3 Å². The highest BCUT2D eigenvalue weighted by Gasteiger charge is 2.34. The number of carbonyl (C=O) groups is 1. The lowest BCUT2D eigenvalue weighted by atomic mass is 9.88. The zero-order valence-electron chi connectivity index (χ0n) is 12.7. The maximum Gasteiger partial charge on any atom is 0.221 e. The van der Waals surface area contributed by atoms with Crippen LogP contribution in [0.4, 0.5) is 4.39 Å². The molecule has 1 aliphatic heterocycles. The Morgan fingerprint density at radius 1 is 1.43 bits per heavy atom. The monoisotopic (exact) mass is 294 g/mol. The summed E-state index contributed by atoms with van der Waals surface area (Å²) in [6.45, 7) is 5.62. The smallest absolute Gasteiger partial charge is 0.221 e. The van der Waals surface area contributed by atoms with Gasteiger partial charge in [0.25, 0.3) is 0 Å². The first-order valence-electron chi connectivity index (χ1n) is 7.25. The summed E-state index contributed by atoms with van der Waals surface area (Å²) in [5.74, 6) is -0.340. The molecule has 4 nitrogen and oxygen atoms in total. The van der Waals surface area contributed by atoms with Crippen LogP contribution in [0.3, 0.4) is 0 Å². The highest BCUT2D eigenvalue weighted by molar-refractivity contribution is 5.76. The predicted molar refractivity (Wildman–Crippen MR) is 79.3 cm³/mol. The number of hydrogen-bond acceptors (Lipinski definition) is 3. The van der Waals surface area contributed by atoms with E-state index in [2.05, 4.69) is 17.1 Å². The van der Waals surface area contributed by atoms with Gasteiger partial charge >= 0.3 is 0 Å². The van der Waals surface area contributed by atoms with Crippen molar-refractivity contribution in [3.8, 4) is 0 Å². The van der Waals surface area contributed by atoms with E-state index in [1.54, 1.807) is 18.2 Å². The van der Waals surface area contributed by atoms with Gasteiger partial charge in [-0.2, -0.15) is 0 Å². The fourth-order valence-corrected chi connectivity index (χ4v) is 2.49. The van der Waals surface area contributed by atoms with Gasteiger partial charge in [0.15, 0.2) is 0 Å². The summed E-state index contributed by atoms with van der Waals surface area (Å²) in [7, 11) is 2.01. The average Bonchev–Trinajstić information content (AvgIpc) is 2.42. The summed E-state index contributed by atoms with van der Waals surface area (Å²) in [5, 5.41) is 2.76. The maximum atomic E-state index is 13.4. The lowest BCUT2D eigenvalue weighted by Crippen LogP contribution is -2.48. The lowest BCUT2D eigenvalue weighted by Gasteiger charge is -2.40. The Morgan fingerprint density at radius 2 is 2.14 bits per heavy atom. The van der Waals surface area contributed by atoms with Gasteiger partial charge in [-0.25, -0.2) is 4.39 Å². The lowest BCUT2D eigenvalue weighted by molar-refractivity contribution is -0.123. The molecule has 0 atom stereocenters. The predicted octanol–water partition coefficient (Wildman–Crippen LogP) is 1.80. The molecule has 1 fully saturated rings. The van der Waals surface area contributed by atoms with Crippen molar-refractivity contribution in [2.75, 3.05) is 33.4 Å². The Balaban J connectivity index is 1.66. The van der Waals surface area contributed by atoms with Crippen molar-refractivity contribution < 1.29 is 13.9 Å². The van der Waals surface area contributed by atoms with Crippen LogP contribution in [-0.4, -0.2) is 44.2 Å². The zero-order chi connectivity index (χ0) is 15.3. The number of nitrogens with zero attached hydrogens (tertiary/aromatic N) is 1. The first-order chi connectivity index (χ1) is 9.98. The molecule has 0 aromatic heterocycles. The van der Waals surface area contributed by atoms with Crippen molar-refractivity contribution in [2.24, 2.45) is 5.41 Å². The van der Waals surface area contributed by atoms with Crippen LogP contribution in [0, 0.1) is 11.2 Å². The fourth-order valence-electron chi connectivity index (χ4n) is 2.49. The van der Waals surface area contributed by atoms with Gasteiger partial charge in [0, 0.05) is 37.0 Å². The molecule has 1 N–H and O–H groups in total. The standard InChI is InChI=1S/C16H23FN2O2/c1-16(11-21-12-16)10-19(2)8-7-15(20)18-9-13-5-3-4-6-14(13)17/h3-6H,7-12H2,1-2H3,(H,18,20). The van der Waals surface area contributed by atoms with E-state index >= 15 is 0 Å². The molecule has 0 saturated carbocycles. The van der Waals surface area contributed by atoms with E-state index < -0.39 is 0 Å². The van der Waals surface area contributed by atoms with Crippen molar-refractivity contribution >= 4 is 5.91 Å². The van der Waals surface area contributed by atoms with Gasteiger partial charge < -0.3 is 15.0 Å². The molecule has 1 amide bonds. The summed E-state index contributed by atoms with van der Waals surface area (Å²) < 4.78 is 18.6. The number of hydrogen-bond donors (Lipinski definition) is 1. The molecule has 0 unspecified atom stereocenters. The van der Waals surface area contributed by atoms with Crippen molar-refractivity contribution in [3.63, 3.8) is 0 Å². The quantitative estimate of drug-likeness (QED) is 0.834. The molecule has 1 aromatic carbocycles. The van der Waals surface area contributed by atoms with E-state index in [0.29, 0.717) is 18.5 Å². The second kappa shape index (κ2) is 7.00. The third kappa shape index (κ3) is 4.79. The molecule has 0 radical (unpaired) electrons. The molecule has 21 heavy (non-hydrogen) atoms. The molecule has 0 bridgehead atoms. The number of nitrogens with one attached hydrogen (secondary N) is 1. The van der Waals surface area contributed by atoms with Crippen LogP contribution in [0.25, 0.3) is 0 Å². The maximum absolute atomic E-state index is 13.4. The molecule has 1 aromatic rings. The summed E-state index contributed by atoms with van der Waals surface area (Å²) in [4.78, 5) is 13.9. The topological polar surface area (TPSA) is 41.6 Å². The van der Waals surface area contributed by atoms with Crippen molar-refractivity contribution in [1.82, 2.24) is 10.2 Å². The molecule has 2 rings (SSSR count). The van der Waals surface area contributed by atoms with E-state index in [1.165, 1.54) is 6.07 Å². The van der Waals surface area contributed by atoms with Gasteiger partial charge in [-0.15, -0.1) is 0 Å². The normalized spacial score (nSPS) is 16.6. The van der Waals surface area contributed by atoms with Crippen LogP contribution in [0.5, 0.6) is 0 Å². The Hall–Kier alpha value is -1.46. The number of rotatable bonds is 7. The van der Waals surface area contributed by atoms with E-state index in [9.17, 15) is 9.18 Å². The number of halogens is 1. The van der Waals surface area contributed by atoms with Crippen LogP contribution < -0.4 is 5.32 Å². The fraction of sp³-hybridized carbons (Fsp3) is 0.562. The summed E-state index contributed by atoms with van der Waals surface area (Å²) in [6, 6.07) is 6.48. The van der Waals surface area contributed by atoms with Crippen molar-refractivity contribution in [2.45, 2.75) is 19.9 Å². The molecule has 0 spiro atoms. The number of ether oxygens (including phenoxy) is 1. The van der Waals surface area contributed by atoms with E-state index in [0.717, 1.165) is 19.8 Å². The highest BCUT2D eigenvalue weighted by atomic mass is 19.1. The van der Waals surface area contributed by atoms with E-state index in [1.807, 2.05) is 7.05 Å². The largest absolute Gasteiger partial charge is 0.380 e. The third-order valence-corrected chi connectivity index (χ3v) is 3.71. The van der Waals surface area contributed by atoms with Crippen LogP contribution >= 0.6 is 0 Å². The molecule has 1 heterocycles. The Morgan fingerprint density at radius 3 is 2.76 bits per heavy atom. The van der Waals surface area contributed by atoms with Gasteiger partial charge in [-0.1, -0.05) is 25.1 Å². The minimum absolute atomic E-state index is 0.0554. The molecule has 1 saturated heterocycles. The van der Waals surface area contributed by atoms with E-state index in [4.69, 9.17) is 4.74 Å². The molecule has 116 valence electrons. The first-order valence-corrected chi connectivity index (χ1v) is 7.25. The minimum atomic E-state index is -0.284.